The van der Waals surface area contributed by atoms with E-state index in [0.717, 1.165) is 6.20 Å². The van der Waals surface area contributed by atoms with Crippen LogP contribution in [0.5, 0.6) is 0 Å². The first-order valence-electron chi connectivity index (χ1n) is 4.29. The van der Waals surface area contributed by atoms with Crippen molar-refractivity contribution in [2.45, 2.75) is 18.2 Å². The Hall–Kier alpha value is -1.24. The number of nitrogens with two attached hydrogens (primary N) is 1. The number of aliphatic carboxylic acids is 1. The van der Waals surface area contributed by atoms with Gasteiger partial charge in [0, 0.05) is 5.33 Å². The second-order valence-corrected chi connectivity index (χ2v) is 3.62. The molecule has 0 unspecified atom stereocenters. The molecule has 0 bridgehead atoms. The van der Waals surface area contributed by atoms with Crippen LogP contribution in [0.15, 0.2) is 6.20 Å². The lowest BCUT2D eigenvalue weighted by Gasteiger charge is -2.12. The number of pyridine rings is 1. The van der Waals surface area contributed by atoms with Gasteiger partial charge in [0.15, 0.2) is 0 Å². The molecule has 0 aliphatic rings. The molecular formula is C9H9BrF2N2O2. The van der Waals surface area contributed by atoms with Crippen LogP contribution in [0.4, 0.5) is 14.5 Å². The maximum atomic E-state index is 12.6. The van der Waals surface area contributed by atoms with Crippen LogP contribution in [-0.2, 0) is 16.5 Å². The van der Waals surface area contributed by atoms with Gasteiger partial charge in [-0.25, -0.2) is 8.78 Å². The van der Waals surface area contributed by atoms with Crippen molar-refractivity contribution in [3.8, 4) is 0 Å². The molecule has 1 rings (SSSR count). The van der Waals surface area contributed by atoms with Crippen LogP contribution in [0.25, 0.3) is 0 Å². The number of halogens is 3. The van der Waals surface area contributed by atoms with E-state index in [1.54, 1.807) is 0 Å². The number of aromatic nitrogens is 1. The first kappa shape index (κ1) is 12.8. The standard InChI is InChI=1S/C9H9BrF2N2O2/c10-2-5-4(1-7(15)16)6(13)3-14-8(5)9(11)12/h3,9H,1-2,13H2,(H,15,16). The van der Waals surface area contributed by atoms with E-state index in [4.69, 9.17) is 10.8 Å². The third-order valence-electron chi connectivity index (χ3n) is 2.03. The van der Waals surface area contributed by atoms with E-state index in [1.165, 1.54) is 0 Å². The number of carbonyl (C=O) groups is 1. The van der Waals surface area contributed by atoms with Crippen molar-refractivity contribution < 1.29 is 18.7 Å². The number of anilines is 1. The number of hydrogen-bond acceptors (Lipinski definition) is 3. The minimum Gasteiger partial charge on any atom is -0.481 e. The molecule has 3 N–H and O–H groups in total. The van der Waals surface area contributed by atoms with Crippen LogP contribution in [0, 0.1) is 0 Å². The van der Waals surface area contributed by atoms with Gasteiger partial charge in [-0.2, -0.15) is 0 Å². The molecule has 1 aromatic heterocycles. The maximum Gasteiger partial charge on any atom is 0.307 e. The zero-order valence-electron chi connectivity index (χ0n) is 8.08. The number of alkyl halides is 3. The lowest BCUT2D eigenvalue weighted by atomic mass is 10.0. The van der Waals surface area contributed by atoms with Crippen molar-refractivity contribution in [3.05, 3.63) is 23.0 Å². The zero-order valence-corrected chi connectivity index (χ0v) is 9.67. The molecule has 0 aliphatic heterocycles. The van der Waals surface area contributed by atoms with Crippen molar-refractivity contribution in [2.24, 2.45) is 0 Å². The zero-order chi connectivity index (χ0) is 12.3. The number of carboxylic acids is 1. The molecule has 4 nitrogen and oxygen atoms in total. The van der Waals surface area contributed by atoms with Crippen LogP contribution in [0.3, 0.4) is 0 Å². The monoisotopic (exact) mass is 294 g/mol. The van der Waals surface area contributed by atoms with Gasteiger partial charge in [0.2, 0.25) is 0 Å². The van der Waals surface area contributed by atoms with Gasteiger partial charge in [-0.1, -0.05) is 15.9 Å². The lowest BCUT2D eigenvalue weighted by molar-refractivity contribution is -0.136. The average Bonchev–Trinajstić information content (AvgIpc) is 2.19. The smallest absolute Gasteiger partial charge is 0.307 e. The molecule has 0 saturated heterocycles. The van der Waals surface area contributed by atoms with Crippen molar-refractivity contribution in [1.82, 2.24) is 4.98 Å². The number of hydrogen-bond donors (Lipinski definition) is 2. The number of rotatable bonds is 4. The summed E-state index contributed by atoms with van der Waals surface area (Å²) in [5.41, 5.74) is 5.55. The van der Waals surface area contributed by atoms with E-state index in [9.17, 15) is 13.6 Å². The topological polar surface area (TPSA) is 76.2 Å². The molecule has 7 heteroatoms. The van der Waals surface area contributed by atoms with Crippen molar-refractivity contribution >= 4 is 27.6 Å². The van der Waals surface area contributed by atoms with Gasteiger partial charge in [-0.15, -0.1) is 0 Å². The Balaban J connectivity index is 3.32. The molecule has 1 heterocycles. The number of nitrogens with zero attached hydrogens (tertiary/aromatic N) is 1. The summed E-state index contributed by atoms with van der Waals surface area (Å²) in [6.45, 7) is 0. The fourth-order valence-corrected chi connectivity index (χ4v) is 1.95. The highest BCUT2D eigenvalue weighted by Gasteiger charge is 2.20. The normalized spacial score (nSPS) is 10.8. The van der Waals surface area contributed by atoms with Gasteiger partial charge < -0.3 is 10.8 Å². The second-order valence-electron chi connectivity index (χ2n) is 3.06. The molecule has 16 heavy (non-hydrogen) atoms. The first-order valence-corrected chi connectivity index (χ1v) is 5.41. The molecule has 0 amide bonds. The summed E-state index contributed by atoms with van der Waals surface area (Å²) in [5.74, 6) is -1.12. The minimum absolute atomic E-state index is 0.0906. The molecular weight excluding hydrogens is 286 g/mol. The van der Waals surface area contributed by atoms with E-state index >= 15 is 0 Å². The highest BCUT2D eigenvalue weighted by Crippen LogP contribution is 2.28. The van der Waals surface area contributed by atoms with Crippen LogP contribution >= 0.6 is 15.9 Å². The largest absolute Gasteiger partial charge is 0.481 e. The quantitative estimate of drug-likeness (QED) is 0.834. The Labute approximate surface area is 98.6 Å². The predicted octanol–water partition coefficient (Wildman–Crippen LogP) is 2.12. The summed E-state index contributed by atoms with van der Waals surface area (Å²) in [6, 6.07) is 0. The van der Waals surface area contributed by atoms with E-state index in [1.807, 2.05) is 0 Å². The molecule has 0 saturated carbocycles. The third-order valence-corrected chi connectivity index (χ3v) is 2.59. The lowest BCUT2D eigenvalue weighted by Crippen LogP contribution is -2.10. The fraction of sp³-hybridized carbons (Fsp3) is 0.333. The van der Waals surface area contributed by atoms with Crippen LogP contribution in [0.2, 0.25) is 0 Å². The van der Waals surface area contributed by atoms with Crippen LogP contribution in [-0.4, -0.2) is 16.1 Å². The van der Waals surface area contributed by atoms with Crippen LogP contribution < -0.4 is 5.73 Å². The Bertz CT molecular complexity index is 413. The van der Waals surface area contributed by atoms with Gasteiger partial charge in [0.1, 0.15) is 5.69 Å². The molecule has 0 spiro atoms. The first-order chi connectivity index (χ1) is 7.47. The van der Waals surface area contributed by atoms with Crippen molar-refractivity contribution in [3.63, 3.8) is 0 Å². The van der Waals surface area contributed by atoms with E-state index in [-0.39, 0.29) is 22.1 Å². The molecule has 88 valence electrons. The molecule has 0 fully saturated rings. The molecule has 0 atom stereocenters. The van der Waals surface area contributed by atoms with Crippen LogP contribution in [0.1, 0.15) is 23.2 Å². The van der Waals surface area contributed by atoms with Gasteiger partial charge >= 0.3 is 5.97 Å². The second kappa shape index (κ2) is 5.20. The highest BCUT2D eigenvalue weighted by molar-refractivity contribution is 9.08. The predicted molar refractivity (Wildman–Crippen MR) is 57.6 cm³/mol. The van der Waals surface area contributed by atoms with Crippen molar-refractivity contribution in [2.75, 3.05) is 5.73 Å². The van der Waals surface area contributed by atoms with E-state index in [0.29, 0.717) is 0 Å². The summed E-state index contributed by atoms with van der Waals surface area (Å²) >= 11 is 3.03. The van der Waals surface area contributed by atoms with Gasteiger partial charge in [0.05, 0.1) is 18.3 Å². The highest BCUT2D eigenvalue weighted by atomic mass is 79.9. The Kier molecular flexibility index (Phi) is 4.17. The van der Waals surface area contributed by atoms with Gasteiger partial charge in [-0.05, 0) is 11.1 Å². The van der Waals surface area contributed by atoms with Gasteiger partial charge in [0.25, 0.3) is 6.43 Å². The Morgan fingerprint density at radius 2 is 2.19 bits per heavy atom. The summed E-state index contributed by atoms with van der Waals surface area (Å²) < 4.78 is 25.2. The molecule has 1 aromatic rings. The summed E-state index contributed by atoms with van der Waals surface area (Å²) in [5, 5.41) is 8.75. The molecule has 0 aromatic carbocycles. The number of nitrogen functional groups attached to an aromatic ring is 1. The van der Waals surface area contributed by atoms with E-state index < -0.39 is 24.5 Å². The minimum atomic E-state index is -2.75. The van der Waals surface area contributed by atoms with E-state index in [2.05, 4.69) is 20.9 Å². The SMILES string of the molecule is Nc1cnc(C(F)F)c(CBr)c1CC(=O)O. The third kappa shape index (κ3) is 2.66. The summed E-state index contributed by atoms with van der Waals surface area (Å²) in [4.78, 5) is 14.1. The maximum absolute atomic E-state index is 12.6. The Morgan fingerprint density at radius 3 is 2.62 bits per heavy atom. The average molecular weight is 295 g/mol. The molecule has 0 radical (unpaired) electrons. The van der Waals surface area contributed by atoms with Gasteiger partial charge in [-0.3, -0.25) is 9.78 Å². The summed E-state index contributed by atoms with van der Waals surface area (Å²) in [6.07, 6.45) is -2.08. The summed E-state index contributed by atoms with van der Waals surface area (Å²) in [7, 11) is 0. The molecule has 0 aliphatic carbocycles. The number of carboxylic acid groups (broad SMARTS) is 1. The van der Waals surface area contributed by atoms with Crippen molar-refractivity contribution in [1.29, 1.82) is 0 Å². The Morgan fingerprint density at radius 1 is 1.56 bits per heavy atom. The fourth-order valence-electron chi connectivity index (χ4n) is 1.32.